The Labute approximate surface area is 68.8 Å². The summed E-state index contributed by atoms with van der Waals surface area (Å²) in [5.41, 5.74) is 2.80. The molecule has 0 aliphatic heterocycles. The zero-order valence-corrected chi connectivity index (χ0v) is 7.23. The van der Waals surface area contributed by atoms with Crippen molar-refractivity contribution in [3.8, 4) is 0 Å². The molecule has 1 saturated carbocycles. The quantitative estimate of drug-likeness (QED) is 0.553. The second-order valence-corrected chi connectivity index (χ2v) is 3.18. The third-order valence-electron chi connectivity index (χ3n) is 2.47. The zero-order chi connectivity index (χ0) is 8.16. The molecule has 0 aromatic carbocycles. The van der Waals surface area contributed by atoms with Gasteiger partial charge in [-0.3, -0.25) is 0 Å². The highest BCUT2D eigenvalue weighted by molar-refractivity contribution is 5.01. The van der Waals surface area contributed by atoms with Crippen molar-refractivity contribution in [2.24, 2.45) is 0 Å². The average molecular weight is 152 g/mol. The molecule has 0 N–H and O–H groups in total. The molecule has 62 valence electrons. The highest BCUT2D eigenvalue weighted by atomic mass is 16.5. The van der Waals surface area contributed by atoms with Gasteiger partial charge in [0.05, 0.1) is 5.60 Å². The Hall–Kier alpha value is -0.520. The molecule has 1 heteroatoms. The summed E-state index contributed by atoms with van der Waals surface area (Å²) in [5, 5.41) is 0. The number of hydrogen-bond acceptors (Lipinski definition) is 1. The molecule has 0 amide bonds. The molecule has 0 aromatic heterocycles. The van der Waals surface area contributed by atoms with Crippen LogP contribution < -0.4 is 0 Å². The molecule has 0 spiro atoms. The fourth-order valence-electron chi connectivity index (χ4n) is 1.74. The van der Waals surface area contributed by atoms with Crippen LogP contribution in [-0.2, 0) is 4.74 Å². The summed E-state index contributed by atoms with van der Waals surface area (Å²) in [4.78, 5) is 0. The van der Waals surface area contributed by atoms with E-state index in [0.29, 0.717) is 0 Å². The maximum Gasteiger partial charge on any atom is 0.0931 e. The summed E-state index contributed by atoms with van der Waals surface area (Å²) in [6.45, 7) is 3.59. The molecule has 0 unspecified atom stereocenters. The van der Waals surface area contributed by atoms with Crippen LogP contribution in [-0.4, -0.2) is 12.7 Å². The summed E-state index contributed by atoms with van der Waals surface area (Å²) in [6.07, 6.45) is 8.12. The SMILES string of the molecule is C=C=CC1(OC)CCCCC1. The third-order valence-corrected chi connectivity index (χ3v) is 2.47. The van der Waals surface area contributed by atoms with Gasteiger partial charge in [0.15, 0.2) is 0 Å². The molecule has 1 nitrogen and oxygen atoms in total. The monoisotopic (exact) mass is 152 g/mol. The second kappa shape index (κ2) is 3.75. The van der Waals surface area contributed by atoms with Crippen LogP contribution in [0.1, 0.15) is 32.1 Å². The van der Waals surface area contributed by atoms with Crippen molar-refractivity contribution >= 4 is 0 Å². The first-order chi connectivity index (χ1) is 5.33. The van der Waals surface area contributed by atoms with Gasteiger partial charge in [0.2, 0.25) is 0 Å². The van der Waals surface area contributed by atoms with Gasteiger partial charge in [-0.15, -0.1) is 5.73 Å². The molecule has 11 heavy (non-hydrogen) atoms. The Morgan fingerprint density at radius 3 is 2.45 bits per heavy atom. The smallest absolute Gasteiger partial charge is 0.0931 e. The van der Waals surface area contributed by atoms with Gasteiger partial charge in [-0.1, -0.05) is 25.8 Å². The van der Waals surface area contributed by atoms with Gasteiger partial charge in [0.25, 0.3) is 0 Å². The summed E-state index contributed by atoms with van der Waals surface area (Å²) >= 11 is 0. The molecule has 0 bridgehead atoms. The van der Waals surface area contributed by atoms with E-state index in [-0.39, 0.29) is 5.60 Å². The maximum atomic E-state index is 5.46. The molecule has 0 atom stereocenters. The lowest BCUT2D eigenvalue weighted by atomic mass is 9.85. The van der Waals surface area contributed by atoms with E-state index < -0.39 is 0 Å². The Bertz CT molecular complexity index is 160. The van der Waals surface area contributed by atoms with Crippen molar-refractivity contribution in [2.45, 2.75) is 37.7 Å². The minimum Gasteiger partial charge on any atom is -0.374 e. The van der Waals surface area contributed by atoms with E-state index in [9.17, 15) is 0 Å². The van der Waals surface area contributed by atoms with Gasteiger partial charge >= 0.3 is 0 Å². The highest BCUT2D eigenvalue weighted by Crippen LogP contribution is 2.31. The summed E-state index contributed by atoms with van der Waals surface area (Å²) in [7, 11) is 1.78. The Kier molecular flexibility index (Phi) is 2.92. The van der Waals surface area contributed by atoms with Crippen molar-refractivity contribution in [1.82, 2.24) is 0 Å². The van der Waals surface area contributed by atoms with E-state index in [2.05, 4.69) is 12.3 Å². The predicted octanol–water partition coefficient (Wildman–Crippen LogP) is 2.68. The van der Waals surface area contributed by atoms with Crippen LogP contribution >= 0.6 is 0 Å². The van der Waals surface area contributed by atoms with Gasteiger partial charge in [-0.05, 0) is 18.9 Å². The van der Waals surface area contributed by atoms with Crippen molar-refractivity contribution in [2.75, 3.05) is 7.11 Å². The van der Waals surface area contributed by atoms with Crippen LogP contribution in [0.4, 0.5) is 0 Å². The molecular weight excluding hydrogens is 136 g/mol. The van der Waals surface area contributed by atoms with Crippen LogP contribution in [0.2, 0.25) is 0 Å². The fourth-order valence-corrected chi connectivity index (χ4v) is 1.74. The number of hydrogen-bond donors (Lipinski definition) is 0. The molecule has 1 rings (SSSR count). The highest BCUT2D eigenvalue weighted by Gasteiger charge is 2.28. The molecule has 0 aromatic rings. The molecule has 1 fully saturated rings. The van der Waals surface area contributed by atoms with E-state index in [1.54, 1.807) is 7.11 Å². The molecule has 0 saturated heterocycles. The van der Waals surface area contributed by atoms with Gasteiger partial charge in [-0.2, -0.15) is 0 Å². The zero-order valence-electron chi connectivity index (χ0n) is 7.23. The van der Waals surface area contributed by atoms with Gasteiger partial charge < -0.3 is 4.74 Å². The van der Waals surface area contributed by atoms with Gasteiger partial charge in [0, 0.05) is 7.11 Å². The summed E-state index contributed by atoms with van der Waals surface area (Å²) < 4.78 is 5.46. The first-order valence-corrected chi connectivity index (χ1v) is 4.25. The summed E-state index contributed by atoms with van der Waals surface area (Å²) in [6, 6.07) is 0. The van der Waals surface area contributed by atoms with Crippen molar-refractivity contribution in [3.05, 3.63) is 18.4 Å². The lowest BCUT2D eigenvalue weighted by molar-refractivity contribution is 0.00220. The second-order valence-electron chi connectivity index (χ2n) is 3.18. The van der Waals surface area contributed by atoms with E-state index in [4.69, 9.17) is 4.74 Å². The van der Waals surface area contributed by atoms with E-state index >= 15 is 0 Å². The van der Waals surface area contributed by atoms with Crippen LogP contribution in [0, 0.1) is 0 Å². The molecule has 1 aliphatic carbocycles. The standard InChI is InChI=1S/C10H16O/c1-3-7-10(11-2)8-5-4-6-9-10/h7H,1,4-6,8-9H2,2H3. The van der Waals surface area contributed by atoms with Crippen LogP contribution in [0.3, 0.4) is 0 Å². The molecule has 0 heterocycles. The lowest BCUT2D eigenvalue weighted by Gasteiger charge is -2.32. The fraction of sp³-hybridized carbons (Fsp3) is 0.700. The van der Waals surface area contributed by atoms with E-state index in [1.165, 1.54) is 19.3 Å². The topological polar surface area (TPSA) is 9.23 Å². The van der Waals surface area contributed by atoms with Gasteiger partial charge in [0.1, 0.15) is 0 Å². The Morgan fingerprint density at radius 1 is 1.36 bits per heavy atom. The predicted molar refractivity (Wildman–Crippen MR) is 46.5 cm³/mol. The first-order valence-electron chi connectivity index (χ1n) is 4.25. The molecular formula is C10H16O. The minimum absolute atomic E-state index is 0.0278. The van der Waals surface area contributed by atoms with Crippen molar-refractivity contribution in [3.63, 3.8) is 0 Å². The molecule has 0 radical (unpaired) electrons. The van der Waals surface area contributed by atoms with Crippen LogP contribution in [0.25, 0.3) is 0 Å². The van der Waals surface area contributed by atoms with Crippen LogP contribution in [0.15, 0.2) is 18.4 Å². The van der Waals surface area contributed by atoms with E-state index in [0.717, 1.165) is 12.8 Å². The average Bonchev–Trinajstić information content (AvgIpc) is 2.07. The third kappa shape index (κ3) is 1.95. The van der Waals surface area contributed by atoms with Crippen molar-refractivity contribution in [1.29, 1.82) is 0 Å². The number of rotatable bonds is 2. The first kappa shape index (κ1) is 8.58. The summed E-state index contributed by atoms with van der Waals surface area (Å²) in [5.74, 6) is 0. The Morgan fingerprint density at radius 2 is 2.00 bits per heavy atom. The number of ether oxygens (including phenoxy) is 1. The number of methoxy groups -OCH3 is 1. The van der Waals surface area contributed by atoms with Crippen molar-refractivity contribution < 1.29 is 4.74 Å². The minimum atomic E-state index is -0.0278. The van der Waals surface area contributed by atoms with Crippen LogP contribution in [0.5, 0.6) is 0 Å². The van der Waals surface area contributed by atoms with E-state index in [1.807, 2.05) is 6.08 Å². The molecule has 1 aliphatic rings. The normalized spacial score (nSPS) is 22.3. The Balaban J connectivity index is 2.64. The largest absolute Gasteiger partial charge is 0.374 e. The maximum absolute atomic E-state index is 5.46. The van der Waals surface area contributed by atoms with Gasteiger partial charge in [-0.25, -0.2) is 0 Å². The lowest BCUT2D eigenvalue weighted by Crippen LogP contribution is -2.31.